The molecule has 1 aliphatic rings. The zero-order chi connectivity index (χ0) is 11.3. The number of nitrogens with one attached hydrogen (secondary N) is 1. The van der Waals surface area contributed by atoms with Crippen molar-refractivity contribution < 1.29 is 5.11 Å². The van der Waals surface area contributed by atoms with Crippen molar-refractivity contribution in [3.63, 3.8) is 0 Å². The first kappa shape index (κ1) is 10.3. The second-order valence-electron chi connectivity index (χ2n) is 5.80. The molecule has 0 unspecified atom stereocenters. The summed E-state index contributed by atoms with van der Waals surface area (Å²) in [5.74, 6) is 0.328. The van der Waals surface area contributed by atoms with Crippen LogP contribution in [-0.2, 0) is 5.41 Å². The lowest BCUT2D eigenvalue weighted by Gasteiger charge is -2.43. The van der Waals surface area contributed by atoms with Gasteiger partial charge >= 0.3 is 0 Å². The van der Waals surface area contributed by atoms with Crippen molar-refractivity contribution in [2.75, 3.05) is 5.32 Å². The van der Waals surface area contributed by atoms with E-state index in [0.29, 0.717) is 5.75 Å². The smallest absolute Gasteiger partial charge is 0.117 e. The maximum absolute atomic E-state index is 9.49. The van der Waals surface area contributed by atoms with E-state index in [9.17, 15) is 5.11 Å². The SMILES string of the molecule is CC1(C)CC(C)(C)c2ccc(O)cc2N1. The average molecular weight is 205 g/mol. The quantitative estimate of drug-likeness (QED) is 0.681. The van der Waals surface area contributed by atoms with Crippen molar-refractivity contribution in [1.29, 1.82) is 0 Å². The Morgan fingerprint density at radius 3 is 2.53 bits per heavy atom. The normalized spacial score (nSPS) is 21.6. The molecule has 1 aromatic carbocycles. The molecule has 15 heavy (non-hydrogen) atoms. The molecule has 1 aromatic rings. The summed E-state index contributed by atoms with van der Waals surface area (Å²) in [5, 5.41) is 13.0. The highest BCUT2D eigenvalue weighted by atomic mass is 16.3. The maximum atomic E-state index is 9.49. The van der Waals surface area contributed by atoms with Crippen molar-refractivity contribution in [2.24, 2.45) is 0 Å². The highest BCUT2D eigenvalue weighted by Crippen LogP contribution is 2.43. The van der Waals surface area contributed by atoms with Crippen molar-refractivity contribution in [1.82, 2.24) is 0 Å². The molecule has 2 rings (SSSR count). The van der Waals surface area contributed by atoms with E-state index in [2.05, 4.69) is 33.0 Å². The monoisotopic (exact) mass is 205 g/mol. The molecule has 0 fully saturated rings. The van der Waals surface area contributed by atoms with Gasteiger partial charge in [-0.15, -0.1) is 0 Å². The molecule has 0 aromatic heterocycles. The zero-order valence-corrected chi connectivity index (χ0v) is 9.89. The van der Waals surface area contributed by atoms with Gasteiger partial charge in [-0.05, 0) is 37.3 Å². The fourth-order valence-electron chi connectivity index (χ4n) is 2.83. The number of hydrogen-bond acceptors (Lipinski definition) is 2. The highest BCUT2D eigenvalue weighted by molar-refractivity contribution is 5.61. The Morgan fingerprint density at radius 2 is 1.87 bits per heavy atom. The second-order valence-corrected chi connectivity index (χ2v) is 5.80. The van der Waals surface area contributed by atoms with E-state index in [-0.39, 0.29) is 11.0 Å². The predicted molar refractivity (Wildman–Crippen MR) is 63.5 cm³/mol. The van der Waals surface area contributed by atoms with Gasteiger partial charge in [0.1, 0.15) is 5.75 Å². The molecule has 0 bridgehead atoms. The number of rotatable bonds is 0. The minimum atomic E-state index is 0.0876. The number of fused-ring (bicyclic) bond motifs is 1. The molecule has 0 atom stereocenters. The summed E-state index contributed by atoms with van der Waals surface area (Å²) in [4.78, 5) is 0. The van der Waals surface area contributed by atoms with Gasteiger partial charge < -0.3 is 10.4 Å². The topological polar surface area (TPSA) is 32.3 Å². The first-order valence-electron chi connectivity index (χ1n) is 5.42. The number of hydrogen-bond donors (Lipinski definition) is 2. The Balaban J connectivity index is 2.55. The van der Waals surface area contributed by atoms with Gasteiger partial charge in [-0.1, -0.05) is 19.9 Å². The summed E-state index contributed by atoms with van der Waals surface area (Å²) < 4.78 is 0. The third kappa shape index (κ3) is 1.81. The summed E-state index contributed by atoms with van der Waals surface area (Å²) in [6.45, 7) is 8.90. The van der Waals surface area contributed by atoms with E-state index >= 15 is 0 Å². The largest absolute Gasteiger partial charge is 0.508 e. The summed E-state index contributed by atoms with van der Waals surface area (Å²) in [5.41, 5.74) is 2.61. The minimum absolute atomic E-state index is 0.0876. The van der Waals surface area contributed by atoms with E-state index in [1.54, 1.807) is 6.07 Å². The molecule has 2 N–H and O–H groups in total. The van der Waals surface area contributed by atoms with Crippen LogP contribution in [0.5, 0.6) is 5.75 Å². The molecule has 0 radical (unpaired) electrons. The Hall–Kier alpha value is -1.18. The lowest BCUT2D eigenvalue weighted by molar-refractivity contribution is 0.354. The van der Waals surface area contributed by atoms with Gasteiger partial charge in [0.15, 0.2) is 0 Å². The average Bonchev–Trinajstić information content (AvgIpc) is 1.97. The fourth-order valence-corrected chi connectivity index (χ4v) is 2.83. The summed E-state index contributed by atoms with van der Waals surface area (Å²) in [7, 11) is 0. The van der Waals surface area contributed by atoms with Crippen LogP contribution in [0, 0.1) is 0 Å². The first-order chi connectivity index (χ1) is 6.80. The Morgan fingerprint density at radius 1 is 1.20 bits per heavy atom. The number of phenols is 1. The molecule has 1 aliphatic heterocycles. The number of anilines is 1. The summed E-state index contributed by atoms with van der Waals surface area (Å²) in [6, 6.07) is 5.60. The molecule has 0 spiro atoms. The van der Waals surface area contributed by atoms with Gasteiger partial charge in [-0.25, -0.2) is 0 Å². The van der Waals surface area contributed by atoms with Crippen LogP contribution in [0.3, 0.4) is 0 Å². The fraction of sp³-hybridized carbons (Fsp3) is 0.538. The molecule has 2 nitrogen and oxygen atoms in total. The van der Waals surface area contributed by atoms with Crippen LogP contribution >= 0.6 is 0 Å². The number of benzene rings is 1. The maximum Gasteiger partial charge on any atom is 0.117 e. The van der Waals surface area contributed by atoms with Crippen LogP contribution in [0.4, 0.5) is 5.69 Å². The van der Waals surface area contributed by atoms with Gasteiger partial charge in [0.05, 0.1) is 0 Å². The molecule has 2 heteroatoms. The Kier molecular flexibility index (Phi) is 2.00. The van der Waals surface area contributed by atoms with Crippen LogP contribution in [0.1, 0.15) is 39.7 Å². The van der Waals surface area contributed by atoms with Gasteiger partial charge in [0.25, 0.3) is 0 Å². The van der Waals surface area contributed by atoms with Crippen LogP contribution in [-0.4, -0.2) is 10.6 Å². The van der Waals surface area contributed by atoms with E-state index in [4.69, 9.17) is 0 Å². The lowest BCUT2D eigenvalue weighted by Crippen LogP contribution is -2.43. The molecule has 0 saturated carbocycles. The standard InChI is InChI=1S/C13H19NO/c1-12(2)8-13(3,4)14-11-7-9(15)5-6-10(11)12/h5-7,14-15H,8H2,1-4H3. The third-order valence-corrected chi connectivity index (χ3v) is 3.09. The van der Waals surface area contributed by atoms with Crippen LogP contribution in [0.2, 0.25) is 0 Å². The summed E-state index contributed by atoms with van der Waals surface area (Å²) in [6.07, 6.45) is 1.10. The van der Waals surface area contributed by atoms with Crippen molar-refractivity contribution in [3.8, 4) is 5.75 Å². The third-order valence-electron chi connectivity index (χ3n) is 3.09. The van der Waals surface area contributed by atoms with Gasteiger partial charge in [0.2, 0.25) is 0 Å². The zero-order valence-electron chi connectivity index (χ0n) is 9.89. The number of aromatic hydroxyl groups is 1. The van der Waals surface area contributed by atoms with Crippen molar-refractivity contribution >= 4 is 5.69 Å². The molecule has 0 saturated heterocycles. The highest BCUT2D eigenvalue weighted by Gasteiger charge is 2.36. The van der Waals surface area contributed by atoms with E-state index in [0.717, 1.165) is 12.1 Å². The molecular weight excluding hydrogens is 186 g/mol. The molecule has 1 heterocycles. The molecule has 82 valence electrons. The molecular formula is C13H19NO. The number of phenolic OH excluding ortho intramolecular Hbond substituents is 1. The van der Waals surface area contributed by atoms with Gasteiger partial charge in [-0.2, -0.15) is 0 Å². The summed E-state index contributed by atoms with van der Waals surface area (Å²) >= 11 is 0. The first-order valence-corrected chi connectivity index (χ1v) is 5.42. The van der Waals surface area contributed by atoms with Gasteiger partial charge in [0, 0.05) is 17.3 Å². The van der Waals surface area contributed by atoms with Crippen LogP contribution in [0.25, 0.3) is 0 Å². The van der Waals surface area contributed by atoms with E-state index in [1.165, 1.54) is 5.56 Å². The van der Waals surface area contributed by atoms with Crippen LogP contribution < -0.4 is 5.32 Å². The van der Waals surface area contributed by atoms with Gasteiger partial charge in [-0.3, -0.25) is 0 Å². The molecule has 0 amide bonds. The lowest BCUT2D eigenvalue weighted by atomic mass is 9.71. The predicted octanol–water partition coefficient (Wildman–Crippen LogP) is 3.26. The van der Waals surface area contributed by atoms with Crippen LogP contribution in [0.15, 0.2) is 18.2 Å². The van der Waals surface area contributed by atoms with E-state index < -0.39 is 0 Å². The van der Waals surface area contributed by atoms with Crippen molar-refractivity contribution in [2.45, 2.75) is 45.1 Å². The van der Waals surface area contributed by atoms with E-state index in [1.807, 2.05) is 12.1 Å². The molecule has 0 aliphatic carbocycles. The van der Waals surface area contributed by atoms with Crippen molar-refractivity contribution in [3.05, 3.63) is 23.8 Å². The second kappa shape index (κ2) is 2.91. The Bertz CT molecular complexity index is 394. The Labute approximate surface area is 91.3 Å². The minimum Gasteiger partial charge on any atom is -0.508 e.